The fourth-order valence-corrected chi connectivity index (χ4v) is 4.18. The van der Waals surface area contributed by atoms with Crippen molar-refractivity contribution in [2.24, 2.45) is 0 Å². The molecule has 0 saturated heterocycles. The lowest BCUT2D eigenvalue weighted by Crippen LogP contribution is -2.35. The van der Waals surface area contributed by atoms with Gasteiger partial charge in [0.25, 0.3) is 5.56 Å². The molecule has 3 aromatic carbocycles. The van der Waals surface area contributed by atoms with Crippen molar-refractivity contribution in [1.82, 2.24) is 9.88 Å². The predicted octanol–water partition coefficient (Wildman–Crippen LogP) is 5.55. The largest absolute Gasteiger partial charge is 0.497 e. The van der Waals surface area contributed by atoms with Crippen LogP contribution in [0, 0.1) is 13.8 Å². The first-order valence-corrected chi connectivity index (χ1v) is 11.2. The highest BCUT2D eigenvalue weighted by Gasteiger charge is 2.15. The minimum atomic E-state index is -0.100. The number of aryl methyl sites for hydroxylation is 2. The summed E-state index contributed by atoms with van der Waals surface area (Å²) in [7, 11) is 1.65. The Morgan fingerprint density at radius 3 is 2.42 bits per heavy atom. The molecule has 0 radical (unpaired) electrons. The Kier molecular flexibility index (Phi) is 6.75. The van der Waals surface area contributed by atoms with Crippen molar-refractivity contribution in [3.63, 3.8) is 0 Å². The summed E-state index contributed by atoms with van der Waals surface area (Å²) >= 11 is 5.76. The van der Waals surface area contributed by atoms with Crippen LogP contribution in [0.4, 0.5) is 5.69 Å². The van der Waals surface area contributed by atoms with Gasteiger partial charge in [0.05, 0.1) is 19.2 Å². The zero-order valence-electron chi connectivity index (χ0n) is 19.0. The molecule has 0 aliphatic rings. The molecule has 0 atom stereocenters. The molecule has 6 heteroatoms. The number of hydrogen-bond donors (Lipinski definition) is 2. The lowest BCUT2D eigenvalue weighted by atomic mass is 10.1. The highest BCUT2D eigenvalue weighted by molar-refractivity contribution is 7.80. The summed E-state index contributed by atoms with van der Waals surface area (Å²) in [6, 6.07) is 23.8. The molecule has 168 valence electrons. The van der Waals surface area contributed by atoms with Gasteiger partial charge in [-0.2, -0.15) is 0 Å². The van der Waals surface area contributed by atoms with Gasteiger partial charge in [0.1, 0.15) is 5.75 Å². The van der Waals surface area contributed by atoms with Crippen molar-refractivity contribution in [3.8, 4) is 5.75 Å². The van der Waals surface area contributed by atoms with Crippen molar-refractivity contribution < 1.29 is 4.74 Å². The Morgan fingerprint density at radius 1 is 1.00 bits per heavy atom. The van der Waals surface area contributed by atoms with Gasteiger partial charge in [0, 0.05) is 17.8 Å². The van der Waals surface area contributed by atoms with E-state index in [1.54, 1.807) is 7.11 Å². The smallest absolute Gasteiger partial charge is 0.253 e. The van der Waals surface area contributed by atoms with Gasteiger partial charge < -0.3 is 19.9 Å². The van der Waals surface area contributed by atoms with E-state index in [-0.39, 0.29) is 5.56 Å². The molecule has 0 amide bonds. The van der Waals surface area contributed by atoms with Gasteiger partial charge in [-0.15, -0.1) is 0 Å². The first kappa shape index (κ1) is 22.6. The molecule has 33 heavy (non-hydrogen) atoms. The number of para-hydroxylation sites is 1. The van der Waals surface area contributed by atoms with Crippen LogP contribution >= 0.6 is 12.2 Å². The second kappa shape index (κ2) is 9.88. The van der Waals surface area contributed by atoms with Crippen LogP contribution < -0.4 is 15.6 Å². The van der Waals surface area contributed by atoms with Gasteiger partial charge in [-0.3, -0.25) is 4.79 Å². The third-order valence-electron chi connectivity index (χ3n) is 5.58. The number of fused-ring (bicyclic) bond motifs is 1. The number of rotatable bonds is 6. The van der Waals surface area contributed by atoms with Crippen LogP contribution in [-0.4, -0.2) is 22.1 Å². The van der Waals surface area contributed by atoms with E-state index in [2.05, 4.69) is 29.4 Å². The number of anilines is 1. The van der Waals surface area contributed by atoms with Crippen LogP contribution in [0.1, 0.15) is 22.3 Å². The normalized spacial score (nSPS) is 10.8. The second-order valence-corrected chi connectivity index (χ2v) is 8.56. The Bertz CT molecular complexity index is 1330. The van der Waals surface area contributed by atoms with Gasteiger partial charge >= 0.3 is 0 Å². The summed E-state index contributed by atoms with van der Waals surface area (Å²) in [6.07, 6.45) is 0. The highest BCUT2D eigenvalue weighted by Crippen LogP contribution is 2.20. The van der Waals surface area contributed by atoms with E-state index in [9.17, 15) is 4.79 Å². The number of nitrogens with zero attached hydrogens (tertiary/aromatic N) is 1. The lowest BCUT2D eigenvalue weighted by Gasteiger charge is -2.26. The van der Waals surface area contributed by atoms with Crippen LogP contribution in [0.2, 0.25) is 0 Å². The van der Waals surface area contributed by atoms with Crippen molar-refractivity contribution in [1.29, 1.82) is 0 Å². The van der Waals surface area contributed by atoms with E-state index >= 15 is 0 Å². The molecule has 0 aliphatic heterocycles. The minimum Gasteiger partial charge on any atom is -0.497 e. The maximum Gasteiger partial charge on any atom is 0.253 e. The van der Waals surface area contributed by atoms with Crippen molar-refractivity contribution >= 4 is 33.9 Å². The first-order valence-electron chi connectivity index (χ1n) is 10.8. The van der Waals surface area contributed by atoms with E-state index in [1.165, 1.54) is 0 Å². The number of aromatic nitrogens is 1. The average Bonchev–Trinajstić information content (AvgIpc) is 2.80. The number of hydrogen-bond acceptors (Lipinski definition) is 3. The standard InChI is InChI=1S/C27H27N3O2S/c1-18-13-19(2)25-21(14-18)15-22(26(31)29-25)17-30(16-20-9-11-24(32-3)12-10-20)27(33)28-23-7-5-4-6-8-23/h4-15H,16-17H2,1-3H3,(H,28,33)(H,29,31). The van der Waals surface area contributed by atoms with Crippen molar-refractivity contribution in [2.75, 3.05) is 12.4 Å². The monoisotopic (exact) mass is 457 g/mol. The number of aromatic amines is 1. The number of benzene rings is 3. The van der Waals surface area contributed by atoms with Crippen LogP contribution in [0.3, 0.4) is 0 Å². The van der Waals surface area contributed by atoms with E-state index in [0.717, 1.165) is 39.0 Å². The number of methoxy groups -OCH3 is 1. The van der Waals surface area contributed by atoms with Crippen LogP contribution in [0.5, 0.6) is 5.75 Å². The molecule has 4 aromatic rings. The van der Waals surface area contributed by atoms with Crippen LogP contribution in [0.25, 0.3) is 10.9 Å². The zero-order chi connectivity index (χ0) is 23.4. The topological polar surface area (TPSA) is 57.4 Å². The maximum atomic E-state index is 13.0. The van der Waals surface area contributed by atoms with Crippen molar-refractivity contribution in [2.45, 2.75) is 26.9 Å². The van der Waals surface area contributed by atoms with Gasteiger partial charge in [-0.1, -0.05) is 42.0 Å². The molecule has 1 heterocycles. The Hall–Kier alpha value is -3.64. The van der Waals surface area contributed by atoms with Crippen molar-refractivity contribution in [3.05, 3.63) is 105 Å². The number of thiocarbonyl (C=S) groups is 1. The summed E-state index contributed by atoms with van der Waals surface area (Å²) in [4.78, 5) is 18.0. The average molecular weight is 458 g/mol. The van der Waals surface area contributed by atoms with E-state index in [4.69, 9.17) is 17.0 Å². The second-order valence-electron chi connectivity index (χ2n) is 8.17. The van der Waals surface area contributed by atoms with Crippen LogP contribution in [0.15, 0.2) is 77.6 Å². The summed E-state index contributed by atoms with van der Waals surface area (Å²) < 4.78 is 5.27. The zero-order valence-corrected chi connectivity index (χ0v) is 19.8. The third kappa shape index (κ3) is 5.41. The minimum absolute atomic E-state index is 0.100. The summed E-state index contributed by atoms with van der Waals surface area (Å²) in [5.41, 5.74) is 5.63. The van der Waals surface area contributed by atoms with Gasteiger partial charge in [0.2, 0.25) is 0 Å². The first-order chi connectivity index (χ1) is 15.9. The van der Waals surface area contributed by atoms with Gasteiger partial charge in [0.15, 0.2) is 5.11 Å². The Labute approximate surface area is 199 Å². The summed E-state index contributed by atoms with van der Waals surface area (Å²) in [6.45, 7) is 5.00. The molecule has 5 nitrogen and oxygen atoms in total. The molecule has 0 aliphatic carbocycles. The highest BCUT2D eigenvalue weighted by atomic mass is 32.1. The quantitative estimate of drug-likeness (QED) is 0.372. The Balaban J connectivity index is 1.66. The summed E-state index contributed by atoms with van der Waals surface area (Å²) in [5.74, 6) is 0.798. The molecule has 0 bridgehead atoms. The number of pyridine rings is 1. The van der Waals surface area contributed by atoms with Gasteiger partial charge in [-0.05, 0) is 79.0 Å². The van der Waals surface area contributed by atoms with Gasteiger partial charge in [-0.25, -0.2) is 0 Å². The SMILES string of the molecule is COc1ccc(CN(Cc2cc3cc(C)cc(C)c3[nH]c2=O)C(=S)Nc2ccccc2)cc1. The fourth-order valence-electron chi connectivity index (χ4n) is 3.93. The lowest BCUT2D eigenvalue weighted by molar-refractivity contribution is 0.406. The third-order valence-corrected chi connectivity index (χ3v) is 5.94. The van der Waals surface area contributed by atoms with E-state index < -0.39 is 0 Å². The molecule has 4 rings (SSSR count). The number of H-pyrrole nitrogens is 1. The number of ether oxygens (including phenoxy) is 1. The molecule has 1 aromatic heterocycles. The Morgan fingerprint density at radius 2 is 1.73 bits per heavy atom. The molecule has 0 unspecified atom stereocenters. The van der Waals surface area contributed by atoms with E-state index in [1.807, 2.05) is 72.5 Å². The molecular weight excluding hydrogens is 430 g/mol. The molecule has 0 spiro atoms. The molecule has 0 saturated carbocycles. The summed E-state index contributed by atoms with van der Waals surface area (Å²) in [5, 5.41) is 4.87. The molecular formula is C27H27N3O2S. The maximum absolute atomic E-state index is 13.0. The molecule has 0 fully saturated rings. The van der Waals surface area contributed by atoms with Crippen LogP contribution in [-0.2, 0) is 13.1 Å². The number of nitrogens with one attached hydrogen (secondary N) is 2. The van der Waals surface area contributed by atoms with E-state index in [0.29, 0.717) is 23.8 Å². The molecule has 2 N–H and O–H groups in total. The predicted molar refractivity (Wildman–Crippen MR) is 139 cm³/mol. The fraction of sp³-hybridized carbons (Fsp3) is 0.185.